The number of carbonyl (C=O) groups is 1. The summed E-state index contributed by atoms with van der Waals surface area (Å²) >= 11 is 9.02. The largest absolute Gasteiger partial charge is 0.349 e. The van der Waals surface area contributed by atoms with Crippen LogP contribution in [0.2, 0.25) is 5.02 Å². The smallest absolute Gasteiger partial charge is 0.282 e. The highest BCUT2D eigenvalue weighted by atomic mass is 79.9. The predicted molar refractivity (Wildman–Crippen MR) is 73.4 cm³/mol. The maximum absolute atomic E-state index is 11.9. The third kappa shape index (κ3) is 3.96. The molecule has 18 heavy (non-hydrogen) atoms. The monoisotopic (exact) mass is 334 g/mol. The van der Waals surface area contributed by atoms with Gasteiger partial charge in [0.05, 0.1) is 4.92 Å². The van der Waals surface area contributed by atoms with Crippen molar-refractivity contribution in [1.29, 1.82) is 0 Å². The number of nitro benzene ring substituents is 1. The highest BCUT2D eigenvalue weighted by Crippen LogP contribution is 2.22. The third-order valence-electron chi connectivity index (χ3n) is 2.32. The van der Waals surface area contributed by atoms with E-state index in [2.05, 4.69) is 21.2 Å². The van der Waals surface area contributed by atoms with E-state index in [0.29, 0.717) is 5.02 Å². The Morgan fingerprint density at radius 2 is 2.28 bits per heavy atom. The molecule has 0 aliphatic carbocycles. The Bertz CT molecular complexity index is 468. The quantitative estimate of drug-likeness (QED) is 0.510. The van der Waals surface area contributed by atoms with E-state index in [1.807, 2.05) is 6.92 Å². The van der Waals surface area contributed by atoms with Crippen LogP contribution in [0.4, 0.5) is 5.69 Å². The second-order valence-electron chi connectivity index (χ2n) is 3.77. The van der Waals surface area contributed by atoms with Crippen LogP contribution < -0.4 is 5.32 Å². The lowest BCUT2D eigenvalue weighted by atomic mass is 10.1. The van der Waals surface area contributed by atoms with E-state index in [4.69, 9.17) is 11.6 Å². The van der Waals surface area contributed by atoms with Crippen molar-refractivity contribution in [3.63, 3.8) is 0 Å². The molecule has 0 aliphatic rings. The van der Waals surface area contributed by atoms with Crippen LogP contribution in [0.25, 0.3) is 0 Å². The zero-order valence-electron chi connectivity index (χ0n) is 9.65. The van der Waals surface area contributed by atoms with E-state index in [9.17, 15) is 14.9 Å². The summed E-state index contributed by atoms with van der Waals surface area (Å²) in [4.78, 5) is 22.1. The lowest BCUT2D eigenvalue weighted by Crippen LogP contribution is -2.33. The zero-order chi connectivity index (χ0) is 13.7. The Morgan fingerprint density at radius 3 is 2.83 bits per heavy atom. The first-order valence-electron chi connectivity index (χ1n) is 5.26. The molecule has 0 fully saturated rings. The fraction of sp³-hybridized carbons (Fsp3) is 0.364. The summed E-state index contributed by atoms with van der Waals surface area (Å²) in [5, 5.41) is 14.5. The van der Waals surface area contributed by atoms with E-state index < -0.39 is 10.8 Å². The minimum atomic E-state index is -0.597. The van der Waals surface area contributed by atoms with Crippen LogP contribution in [0.3, 0.4) is 0 Å². The van der Waals surface area contributed by atoms with Crippen molar-refractivity contribution in [2.75, 3.05) is 5.33 Å². The number of halogens is 2. The van der Waals surface area contributed by atoms with E-state index in [1.165, 1.54) is 18.2 Å². The van der Waals surface area contributed by atoms with E-state index in [0.717, 1.165) is 11.8 Å². The van der Waals surface area contributed by atoms with Crippen LogP contribution >= 0.6 is 27.5 Å². The van der Waals surface area contributed by atoms with E-state index in [1.54, 1.807) is 0 Å². The minimum Gasteiger partial charge on any atom is -0.349 e. The molecular weight excluding hydrogens is 323 g/mol. The van der Waals surface area contributed by atoms with Gasteiger partial charge < -0.3 is 5.32 Å². The Morgan fingerprint density at radius 1 is 1.61 bits per heavy atom. The van der Waals surface area contributed by atoms with Crippen molar-refractivity contribution in [2.24, 2.45) is 0 Å². The molecule has 98 valence electrons. The van der Waals surface area contributed by atoms with Gasteiger partial charge in [-0.1, -0.05) is 27.5 Å². The van der Waals surface area contributed by atoms with Crippen molar-refractivity contribution in [2.45, 2.75) is 19.4 Å². The highest BCUT2D eigenvalue weighted by Gasteiger charge is 2.21. The van der Waals surface area contributed by atoms with Gasteiger partial charge in [0.2, 0.25) is 0 Å². The van der Waals surface area contributed by atoms with E-state index in [-0.39, 0.29) is 17.3 Å². The van der Waals surface area contributed by atoms with Gasteiger partial charge in [-0.15, -0.1) is 0 Å². The van der Waals surface area contributed by atoms with Gasteiger partial charge >= 0.3 is 0 Å². The number of benzene rings is 1. The summed E-state index contributed by atoms with van der Waals surface area (Å²) in [7, 11) is 0. The number of amides is 1. The van der Waals surface area contributed by atoms with Gasteiger partial charge in [-0.05, 0) is 25.5 Å². The number of hydrogen-bond donors (Lipinski definition) is 1. The van der Waals surface area contributed by atoms with Crippen molar-refractivity contribution in [3.05, 3.63) is 38.9 Å². The third-order valence-corrected chi connectivity index (χ3v) is 3.01. The SMILES string of the molecule is CC(CCBr)NC(=O)c1cc(Cl)ccc1[N+](=O)[O-]. The van der Waals surface area contributed by atoms with Crippen LogP contribution in [0, 0.1) is 10.1 Å². The molecular formula is C11H12BrClN2O3. The first kappa shape index (κ1) is 14.9. The molecule has 1 unspecified atom stereocenters. The molecule has 0 bridgehead atoms. The fourth-order valence-corrected chi connectivity index (χ4v) is 2.25. The number of hydrogen-bond acceptors (Lipinski definition) is 3. The number of carbonyl (C=O) groups excluding carboxylic acids is 1. The molecule has 0 aromatic heterocycles. The maximum atomic E-state index is 11.9. The average Bonchev–Trinajstić information content (AvgIpc) is 2.28. The van der Waals surface area contributed by atoms with Gasteiger partial charge in [-0.2, -0.15) is 0 Å². The lowest BCUT2D eigenvalue weighted by Gasteiger charge is -2.12. The molecule has 0 radical (unpaired) electrons. The van der Waals surface area contributed by atoms with Crippen molar-refractivity contribution in [3.8, 4) is 0 Å². The molecule has 1 N–H and O–H groups in total. The standard InChI is InChI=1S/C11H12BrClN2O3/c1-7(4-5-12)14-11(16)9-6-8(13)2-3-10(9)15(17)18/h2-3,6-7H,4-5H2,1H3,(H,14,16). The molecule has 1 atom stereocenters. The zero-order valence-corrected chi connectivity index (χ0v) is 12.0. The second-order valence-corrected chi connectivity index (χ2v) is 5.00. The van der Waals surface area contributed by atoms with Gasteiger partial charge in [0.1, 0.15) is 5.56 Å². The molecule has 7 heteroatoms. The first-order valence-corrected chi connectivity index (χ1v) is 6.76. The molecule has 1 aromatic carbocycles. The minimum absolute atomic E-state index is 0.0195. The van der Waals surface area contributed by atoms with Crippen molar-refractivity contribution < 1.29 is 9.72 Å². The lowest BCUT2D eigenvalue weighted by molar-refractivity contribution is -0.385. The van der Waals surface area contributed by atoms with Gasteiger partial charge in [0, 0.05) is 22.5 Å². The summed E-state index contributed by atoms with van der Waals surface area (Å²) < 4.78 is 0. The summed E-state index contributed by atoms with van der Waals surface area (Å²) in [5.74, 6) is -0.488. The maximum Gasteiger partial charge on any atom is 0.282 e. The summed E-state index contributed by atoms with van der Waals surface area (Å²) in [6, 6.07) is 3.84. The molecule has 0 saturated carbocycles. The topological polar surface area (TPSA) is 72.2 Å². The predicted octanol–water partition coefficient (Wildman–Crippen LogP) is 3.15. The molecule has 1 rings (SSSR count). The van der Waals surface area contributed by atoms with Gasteiger partial charge in [-0.3, -0.25) is 14.9 Å². The second kappa shape index (κ2) is 6.70. The van der Waals surface area contributed by atoms with Crippen LogP contribution in [0.5, 0.6) is 0 Å². The molecule has 0 aliphatic heterocycles. The summed E-state index contributed by atoms with van der Waals surface area (Å²) in [5.41, 5.74) is -0.267. The molecule has 0 spiro atoms. The molecule has 5 nitrogen and oxygen atoms in total. The average molecular weight is 336 g/mol. The Balaban J connectivity index is 2.97. The summed E-state index contributed by atoms with van der Waals surface area (Å²) in [6.07, 6.45) is 0.736. The Labute approximate surface area is 118 Å². The molecule has 1 amide bonds. The molecule has 0 saturated heterocycles. The van der Waals surface area contributed by atoms with Gasteiger partial charge in [-0.25, -0.2) is 0 Å². The van der Waals surface area contributed by atoms with Crippen molar-refractivity contribution >= 4 is 39.1 Å². The number of nitrogens with zero attached hydrogens (tertiary/aromatic N) is 1. The van der Waals surface area contributed by atoms with Gasteiger partial charge in [0.25, 0.3) is 11.6 Å². The first-order chi connectivity index (χ1) is 8.45. The number of rotatable bonds is 5. The van der Waals surface area contributed by atoms with E-state index >= 15 is 0 Å². The van der Waals surface area contributed by atoms with Crippen LogP contribution in [-0.2, 0) is 0 Å². The van der Waals surface area contributed by atoms with Crippen LogP contribution in [0.1, 0.15) is 23.7 Å². The molecule has 1 aromatic rings. The fourth-order valence-electron chi connectivity index (χ4n) is 1.39. The van der Waals surface area contributed by atoms with Crippen LogP contribution in [-0.4, -0.2) is 22.2 Å². The number of nitrogens with one attached hydrogen (secondary N) is 1. The Kier molecular flexibility index (Phi) is 5.55. The van der Waals surface area contributed by atoms with Crippen LogP contribution in [0.15, 0.2) is 18.2 Å². The number of nitro groups is 1. The summed E-state index contributed by atoms with van der Waals surface area (Å²) in [6.45, 7) is 1.83. The highest BCUT2D eigenvalue weighted by molar-refractivity contribution is 9.09. The van der Waals surface area contributed by atoms with Crippen molar-refractivity contribution in [1.82, 2.24) is 5.32 Å². The van der Waals surface area contributed by atoms with Gasteiger partial charge in [0.15, 0.2) is 0 Å². The normalized spacial score (nSPS) is 11.9. The number of alkyl halides is 1. The Hall–Kier alpha value is -1.14. The molecule has 0 heterocycles.